The minimum absolute atomic E-state index is 0.346. The first-order valence-electron chi connectivity index (χ1n) is 13.9. The highest BCUT2D eigenvalue weighted by Crippen LogP contribution is 2.19. The summed E-state index contributed by atoms with van der Waals surface area (Å²) in [6.45, 7) is 4.76. The molecule has 1 N–H and O–H groups in total. The lowest BCUT2D eigenvalue weighted by Gasteiger charge is -2.11. The molecule has 0 aliphatic heterocycles. The standard InChI is InChI=1S/C28H56O2/c1-3-4-5-6-18-21-24-27(2)25-22-19-16-14-12-10-8-7-9-11-13-15-17-20-23-26-28(29)30/h27H,3-26H2,1-2H3,(H,29,30). The molecule has 180 valence electrons. The molecule has 0 aromatic carbocycles. The first-order chi connectivity index (χ1) is 14.7. The third kappa shape index (κ3) is 25.5. The molecule has 0 amide bonds. The Morgan fingerprint density at radius 3 is 1.17 bits per heavy atom. The van der Waals surface area contributed by atoms with Crippen LogP contribution in [0.25, 0.3) is 0 Å². The van der Waals surface area contributed by atoms with Crippen LogP contribution in [-0.4, -0.2) is 11.1 Å². The molecule has 0 bridgehead atoms. The zero-order valence-corrected chi connectivity index (χ0v) is 20.9. The fourth-order valence-corrected chi connectivity index (χ4v) is 4.48. The van der Waals surface area contributed by atoms with Crippen LogP contribution in [0.3, 0.4) is 0 Å². The van der Waals surface area contributed by atoms with Crippen molar-refractivity contribution in [2.75, 3.05) is 0 Å². The van der Waals surface area contributed by atoms with Crippen LogP contribution in [-0.2, 0) is 4.79 Å². The molecular weight excluding hydrogens is 368 g/mol. The number of carbonyl (C=O) groups is 1. The summed E-state index contributed by atoms with van der Waals surface area (Å²) >= 11 is 0. The molecule has 30 heavy (non-hydrogen) atoms. The van der Waals surface area contributed by atoms with Crippen LogP contribution in [0.4, 0.5) is 0 Å². The van der Waals surface area contributed by atoms with Crippen LogP contribution in [0.5, 0.6) is 0 Å². The highest BCUT2D eigenvalue weighted by molar-refractivity contribution is 5.66. The third-order valence-electron chi connectivity index (χ3n) is 6.64. The minimum Gasteiger partial charge on any atom is -0.481 e. The van der Waals surface area contributed by atoms with Crippen molar-refractivity contribution in [1.82, 2.24) is 0 Å². The Morgan fingerprint density at radius 1 is 0.533 bits per heavy atom. The lowest BCUT2D eigenvalue weighted by atomic mass is 9.96. The summed E-state index contributed by atoms with van der Waals surface area (Å²) in [6.07, 6.45) is 31.9. The maximum absolute atomic E-state index is 10.4. The quantitative estimate of drug-likeness (QED) is 0.148. The molecule has 0 radical (unpaired) electrons. The van der Waals surface area contributed by atoms with Gasteiger partial charge in [0.2, 0.25) is 0 Å². The van der Waals surface area contributed by atoms with Gasteiger partial charge in [-0.2, -0.15) is 0 Å². The van der Waals surface area contributed by atoms with Gasteiger partial charge in [-0.3, -0.25) is 4.79 Å². The fourth-order valence-electron chi connectivity index (χ4n) is 4.48. The van der Waals surface area contributed by atoms with Crippen LogP contribution in [0, 0.1) is 5.92 Å². The summed E-state index contributed by atoms with van der Waals surface area (Å²) in [5, 5.41) is 8.60. The van der Waals surface area contributed by atoms with Crippen molar-refractivity contribution in [1.29, 1.82) is 0 Å². The van der Waals surface area contributed by atoms with E-state index in [4.69, 9.17) is 5.11 Å². The fraction of sp³-hybridized carbons (Fsp3) is 0.964. The van der Waals surface area contributed by atoms with Crippen molar-refractivity contribution in [3.63, 3.8) is 0 Å². The molecule has 0 aliphatic carbocycles. The van der Waals surface area contributed by atoms with Gasteiger partial charge in [0.1, 0.15) is 0 Å². The second-order valence-electron chi connectivity index (χ2n) is 9.90. The van der Waals surface area contributed by atoms with E-state index < -0.39 is 5.97 Å². The first kappa shape index (κ1) is 29.5. The smallest absolute Gasteiger partial charge is 0.303 e. The zero-order valence-electron chi connectivity index (χ0n) is 20.9. The van der Waals surface area contributed by atoms with Gasteiger partial charge in [0.25, 0.3) is 0 Å². The Bertz CT molecular complexity index is 340. The van der Waals surface area contributed by atoms with Crippen molar-refractivity contribution >= 4 is 5.97 Å². The first-order valence-corrected chi connectivity index (χ1v) is 13.9. The molecule has 0 spiro atoms. The van der Waals surface area contributed by atoms with Crippen LogP contribution >= 0.6 is 0 Å². The van der Waals surface area contributed by atoms with Crippen LogP contribution in [0.1, 0.15) is 168 Å². The van der Waals surface area contributed by atoms with Gasteiger partial charge in [0, 0.05) is 6.42 Å². The molecule has 0 saturated heterocycles. The van der Waals surface area contributed by atoms with E-state index in [1.807, 2.05) is 0 Å². The van der Waals surface area contributed by atoms with Crippen LogP contribution in [0.2, 0.25) is 0 Å². The molecule has 0 heterocycles. The summed E-state index contributed by atoms with van der Waals surface area (Å²) in [7, 11) is 0. The Labute approximate surface area is 190 Å². The zero-order chi connectivity index (χ0) is 22.1. The second-order valence-corrected chi connectivity index (χ2v) is 9.90. The van der Waals surface area contributed by atoms with Crippen molar-refractivity contribution in [2.45, 2.75) is 168 Å². The average Bonchev–Trinajstić information content (AvgIpc) is 2.72. The Hall–Kier alpha value is -0.530. The molecule has 0 aromatic heterocycles. The average molecular weight is 425 g/mol. The number of carboxylic acids is 1. The number of carboxylic acid groups (broad SMARTS) is 1. The van der Waals surface area contributed by atoms with E-state index in [1.54, 1.807) is 0 Å². The van der Waals surface area contributed by atoms with E-state index in [1.165, 1.54) is 135 Å². The summed E-state index contributed by atoms with van der Waals surface area (Å²) in [5.74, 6) is 0.296. The van der Waals surface area contributed by atoms with Crippen molar-refractivity contribution < 1.29 is 9.90 Å². The van der Waals surface area contributed by atoms with Crippen molar-refractivity contribution in [3.05, 3.63) is 0 Å². The lowest BCUT2D eigenvalue weighted by Crippen LogP contribution is -1.95. The monoisotopic (exact) mass is 424 g/mol. The number of aliphatic carboxylic acids is 1. The number of rotatable bonds is 25. The third-order valence-corrected chi connectivity index (χ3v) is 6.64. The van der Waals surface area contributed by atoms with Gasteiger partial charge in [-0.05, 0) is 12.3 Å². The van der Waals surface area contributed by atoms with Gasteiger partial charge in [0.05, 0.1) is 0 Å². The van der Waals surface area contributed by atoms with Crippen molar-refractivity contribution in [3.8, 4) is 0 Å². The molecule has 0 aromatic rings. The molecular formula is C28H56O2. The van der Waals surface area contributed by atoms with Gasteiger partial charge in [0.15, 0.2) is 0 Å². The topological polar surface area (TPSA) is 37.3 Å². The molecule has 1 unspecified atom stereocenters. The van der Waals surface area contributed by atoms with E-state index in [-0.39, 0.29) is 0 Å². The second kappa shape index (κ2) is 24.7. The maximum atomic E-state index is 10.4. The lowest BCUT2D eigenvalue weighted by molar-refractivity contribution is -0.137. The molecule has 0 fully saturated rings. The number of hydrogen-bond acceptors (Lipinski definition) is 1. The Morgan fingerprint density at radius 2 is 0.833 bits per heavy atom. The highest BCUT2D eigenvalue weighted by atomic mass is 16.4. The summed E-state index contributed by atoms with van der Waals surface area (Å²) < 4.78 is 0. The van der Waals surface area contributed by atoms with E-state index in [0.29, 0.717) is 6.42 Å². The van der Waals surface area contributed by atoms with E-state index in [2.05, 4.69) is 13.8 Å². The molecule has 2 heteroatoms. The molecule has 1 atom stereocenters. The molecule has 0 rings (SSSR count). The largest absolute Gasteiger partial charge is 0.481 e. The Kier molecular flexibility index (Phi) is 24.3. The number of unbranched alkanes of at least 4 members (excludes halogenated alkanes) is 19. The molecule has 0 saturated carbocycles. The van der Waals surface area contributed by atoms with E-state index >= 15 is 0 Å². The Balaban J connectivity index is 3.11. The van der Waals surface area contributed by atoms with Crippen LogP contribution < -0.4 is 0 Å². The summed E-state index contributed by atoms with van der Waals surface area (Å²) in [5.41, 5.74) is 0. The van der Waals surface area contributed by atoms with Gasteiger partial charge in [-0.15, -0.1) is 0 Å². The van der Waals surface area contributed by atoms with Gasteiger partial charge in [-0.25, -0.2) is 0 Å². The van der Waals surface area contributed by atoms with Gasteiger partial charge >= 0.3 is 5.97 Å². The predicted octanol–water partition coefficient (Wildman–Crippen LogP) is 10.1. The number of hydrogen-bond donors (Lipinski definition) is 1. The SMILES string of the molecule is CCCCCCCCC(C)CCCCCCCCCCCCCCCCCC(=O)O. The van der Waals surface area contributed by atoms with Gasteiger partial charge in [-0.1, -0.05) is 155 Å². The summed E-state index contributed by atoms with van der Waals surface area (Å²) in [6, 6.07) is 0. The summed E-state index contributed by atoms with van der Waals surface area (Å²) in [4.78, 5) is 10.4. The van der Waals surface area contributed by atoms with Gasteiger partial charge < -0.3 is 5.11 Å². The molecule has 0 aliphatic rings. The maximum Gasteiger partial charge on any atom is 0.303 e. The van der Waals surface area contributed by atoms with Crippen LogP contribution in [0.15, 0.2) is 0 Å². The van der Waals surface area contributed by atoms with E-state index in [0.717, 1.165) is 18.8 Å². The minimum atomic E-state index is -0.650. The van der Waals surface area contributed by atoms with Crippen molar-refractivity contribution in [2.24, 2.45) is 5.92 Å². The normalized spacial score (nSPS) is 12.3. The predicted molar refractivity (Wildman–Crippen MR) is 133 cm³/mol. The molecule has 2 nitrogen and oxygen atoms in total. The highest BCUT2D eigenvalue weighted by Gasteiger charge is 2.02. The van der Waals surface area contributed by atoms with E-state index in [9.17, 15) is 4.79 Å².